The fourth-order valence-corrected chi connectivity index (χ4v) is 9.23. The summed E-state index contributed by atoms with van der Waals surface area (Å²) in [5.74, 6) is 7.04. The van der Waals surface area contributed by atoms with E-state index in [4.69, 9.17) is 0 Å². The molecule has 1 heteroatoms. The lowest BCUT2D eigenvalue weighted by Crippen LogP contribution is -2.53. The average molecular weight is 413 g/mol. The third-order valence-corrected chi connectivity index (χ3v) is 11.2. The Morgan fingerprint density at radius 2 is 1.67 bits per heavy atom. The van der Waals surface area contributed by atoms with Crippen molar-refractivity contribution in [1.29, 1.82) is 0 Å². The molecule has 4 fully saturated rings. The first-order chi connectivity index (χ1) is 14.2. The lowest BCUT2D eigenvalue weighted by atomic mass is 9.44. The molecule has 0 N–H and O–H groups in total. The number of allylic oxidation sites excluding steroid dienone is 2. The van der Waals surface area contributed by atoms with Crippen LogP contribution in [0.3, 0.4) is 0 Å². The van der Waals surface area contributed by atoms with Gasteiger partial charge in [-0.1, -0.05) is 53.7 Å². The topological polar surface area (TPSA) is 17.1 Å². The summed E-state index contributed by atoms with van der Waals surface area (Å²) in [4.78, 5) is 12.1. The van der Waals surface area contributed by atoms with E-state index >= 15 is 0 Å². The highest BCUT2D eigenvalue weighted by Crippen LogP contribution is 2.68. The maximum Gasteiger partial charge on any atom is 0.133 e. The molecule has 0 unspecified atom stereocenters. The Kier molecular flexibility index (Phi) is 6.33. The molecule has 0 aromatic heterocycles. The van der Waals surface area contributed by atoms with E-state index in [1.54, 1.807) is 0 Å². The molecule has 0 spiro atoms. The lowest BCUT2D eigenvalue weighted by Gasteiger charge is -2.60. The number of fused-ring (bicyclic) bond motifs is 5. The van der Waals surface area contributed by atoms with Crippen LogP contribution in [-0.4, -0.2) is 5.78 Å². The number of ketones is 1. The molecule has 0 heterocycles. The number of carbonyl (C=O) groups excluding carboxylic acids is 1. The minimum Gasteiger partial charge on any atom is -0.300 e. The molecule has 30 heavy (non-hydrogen) atoms. The third kappa shape index (κ3) is 3.65. The van der Waals surface area contributed by atoms with Crippen LogP contribution in [0.4, 0.5) is 0 Å². The molecule has 4 rings (SSSR count). The van der Waals surface area contributed by atoms with Crippen LogP contribution in [0.2, 0.25) is 0 Å². The van der Waals surface area contributed by atoms with E-state index in [-0.39, 0.29) is 0 Å². The molecule has 0 amide bonds. The fourth-order valence-electron chi connectivity index (χ4n) is 9.23. The molecule has 1 nitrogen and oxygen atoms in total. The maximum absolute atomic E-state index is 12.1. The number of rotatable bonds is 5. The Hall–Kier alpha value is -0.590. The number of hydrogen-bond donors (Lipinski definition) is 0. The lowest BCUT2D eigenvalue weighted by molar-refractivity contribution is -0.140. The largest absolute Gasteiger partial charge is 0.300 e. The van der Waals surface area contributed by atoms with Gasteiger partial charge in [0.25, 0.3) is 0 Å². The van der Waals surface area contributed by atoms with Gasteiger partial charge in [-0.15, -0.1) is 0 Å². The van der Waals surface area contributed by atoms with Crippen molar-refractivity contribution < 1.29 is 4.79 Å². The zero-order valence-corrected chi connectivity index (χ0v) is 20.8. The number of carbonyl (C=O) groups is 1. The molecule has 4 aliphatic carbocycles. The zero-order valence-electron chi connectivity index (χ0n) is 20.8. The van der Waals surface area contributed by atoms with Crippen molar-refractivity contribution in [3.63, 3.8) is 0 Å². The van der Waals surface area contributed by atoms with E-state index in [1.165, 1.54) is 51.4 Å². The highest BCUT2D eigenvalue weighted by Gasteiger charge is 2.60. The molecular weight excluding hydrogens is 364 g/mol. The predicted octanol–water partition coefficient (Wildman–Crippen LogP) is 8.09. The first kappa shape index (κ1) is 22.6. The van der Waals surface area contributed by atoms with Crippen molar-refractivity contribution in [1.82, 2.24) is 0 Å². The smallest absolute Gasteiger partial charge is 0.133 e. The quantitative estimate of drug-likeness (QED) is 0.417. The average Bonchev–Trinajstić information content (AvgIpc) is 3.06. The summed E-state index contributed by atoms with van der Waals surface area (Å²) < 4.78 is 0. The van der Waals surface area contributed by atoms with Crippen LogP contribution in [0.1, 0.15) is 106 Å². The molecule has 0 aromatic rings. The highest BCUT2D eigenvalue weighted by atomic mass is 16.1. The van der Waals surface area contributed by atoms with Crippen molar-refractivity contribution >= 4 is 5.78 Å². The SMILES string of the molecule is CC[C@H](/C=C\[C@@H](C)[C@H]1CC[C@H]2[C@@H]3CC[C@@H]4CC(=O)CC[C@]4(C)[C@H]3CC[C@]12C)C(C)C. The van der Waals surface area contributed by atoms with Crippen LogP contribution in [0.5, 0.6) is 0 Å². The van der Waals surface area contributed by atoms with Crippen LogP contribution in [-0.2, 0) is 4.79 Å². The summed E-state index contributed by atoms with van der Waals surface area (Å²) in [6, 6.07) is 0. The Morgan fingerprint density at radius 3 is 2.37 bits per heavy atom. The summed E-state index contributed by atoms with van der Waals surface area (Å²) in [6.45, 7) is 14.8. The molecule has 9 atom stereocenters. The first-order valence-corrected chi connectivity index (χ1v) is 13.4. The van der Waals surface area contributed by atoms with Crippen LogP contribution < -0.4 is 0 Å². The van der Waals surface area contributed by atoms with E-state index in [1.807, 2.05) is 0 Å². The van der Waals surface area contributed by atoms with Crippen molar-refractivity contribution in [3.05, 3.63) is 12.2 Å². The van der Waals surface area contributed by atoms with E-state index in [9.17, 15) is 4.79 Å². The molecule has 0 aliphatic heterocycles. The summed E-state index contributed by atoms with van der Waals surface area (Å²) in [5, 5.41) is 0. The zero-order chi connectivity index (χ0) is 21.7. The van der Waals surface area contributed by atoms with E-state index in [0.717, 1.165) is 48.3 Å². The number of hydrogen-bond acceptors (Lipinski definition) is 1. The van der Waals surface area contributed by atoms with Gasteiger partial charge in [0.2, 0.25) is 0 Å². The normalized spacial score (nSPS) is 45.8. The maximum atomic E-state index is 12.1. The molecular formula is C29H48O. The van der Waals surface area contributed by atoms with Gasteiger partial charge in [0.1, 0.15) is 5.78 Å². The van der Waals surface area contributed by atoms with E-state index < -0.39 is 0 Å². The Morgan fingerprint density at radius 1 is 0.933 bits per heavy atom. The van der Waals surface area contributed by atoms with E-state index in [0.29, 0.717) is 28.4 Å². The molecule has 0 saturated heterocycles. The minimum atomic E-state index is 0.452. The van der Waals surface area contributed by atoms with Crippen molar-refractivity contribution in [2.45, 2.75) is 106 Å². The van der Waals surface area contributed by atoms with Crippen LogP contribution >= 0.6 is 0 Å². The second kappa shape index (κ2) is 8.40. The van der Waals surface area contributed by atoms with Gasteiger partial charge in [0.15, 0.2) is 0 Å². The van der Waals surface area contributed by atoms with Gasteiger partial charge in [0, 0.05) is 12.8 Å². The Bertz CT molecular complexity index is 661. The predicted molar refractivity (Wildman–Crippen MR) is 127 cm³/mol. The second-order valence-electron chi connectivity index (χ2n) is 12.7. The van der Waals surface area contributed by atoms with Crippen molar-refractivity contribution in [2.75, 3.05) is 0 Å². The van der Waals surface area contributed by atoms with Crippen LogP contribution in [0, 0.1) is 58.2 Å². The third-order valence-electron chi connectivity index (χ3n) is 11.2. The first-order valence-electron chi connectivity index (χ1n) is 13.4. The summed E-state index contributed by atoms with van der Waals surface area (Å²) in [6.07, 6.45) is 17.8. The van der Waals surface area contributed by atoms with Crippen LogP contribution in [0.15, 0.2) is 12.2 Å². The van der Waals surface area contributed by atoms with Gasteiger partial charge in [-0.05, 0) is 110 Å². The molecule has 0 bridgehead atoms. The molecule has 4 saturated carbocycles. The number of Topliss-reactive ketones (excluding diaryl/α,β-unsaturated/α-hetero) is 1. The standard InChI is InChI=1S/C29H48O/c1-7-21(19(2)3)9-8-20(4)25-12-13-26-24-11-10-22-18-23(30)14-16-28(22,5)27(24)15-17-29(25,26)6/h8-9,19-22,24-27H,7,10-18H2,1-6H3/b9-8-/t20-,21-,22-,24+,25-,26+,27+,28+,29-/m1/s1. The summed E-state index contributed by atoms with van der Waals surface area (Å²) in [5.41, 5.74) is 0.992. The molecule has 170 valence electrons. The highest BCUT2D eigenvalue weighted by molar-refractivity contribution is 5.79. The Balaban J connectivity index is 1.50. The van der Waals surface area contributed by atoms with Crippen molar-refractivity contribution in [2.24, 2.45) is 58.2 Å². The van der Waals surface area contributed by atoms with Gasteiger partial charge < -0.3 is 0 Å². The van der Waals surface area contributed by atoms with Gasteiger partial charge in [-0.2, -0.15) is 0 Å². The Labute approximate surface area is 186 Å². The summed E-state index contributed by atoms with van der Waals surface area (Å²) >= 11 is 0. The van der Waals surface area contributed by atoms with Crippen LogP contribution in [0.25, 0.3) is 0 Å². The summed E-state index contributed by atoms with van der Waals surface area (Å²) in [7, 11) is 0. The minimum absolute atomic E-state index is 0.452. The van der Waals surface area contributed by atoms with Crippen molar-refractivity contribution in [3.8, 4) is 0 Å². The molecule has 0 aromatic carbocycles. The molecule has 0 radical (unpaired) electrons. The van der Waals surface area contributed by atoms with Gasteiger partial charge in [-0.3, -0.25) is 4.79 Å². The fraction of sp³-hybridized carbons (Fsp3) is 0.897. The van der Waals surface area contributed by atoms with Gasteiger partial charge in [0.05, 0.1) is 0 Å². The monoisotopic (exact) mass is 412 g/mol. The van der Waals surface area contributed by atoms with E-state index in [2.05, 4.69) is 53.7 Å². The van der Waals surface area contributed by atoms with Gasteiger partial charge in [-0.25, -0.2) is 0 Å². The van der Waals surface area contributed by atoms with Gasteiger partial charge >= 0.3 is 0 Å². The second-order valence-corrected chi connectivity index (χ2v) is 12.7. The molecule has 4 aliphatic rings.